The number of alkyl halides is 3. The summed E-state index contributed by atoms with van der Waals surface area (Å²) >= 11 is 0. The van der Waals surface area contributed by atoms with E-state index in [0.717, 1.165) is 39.3 Å². The first-order chi connectivity index (χ1) is 13.3. The standard InChI is InChI=1S/C23H18F4O/c24-21-13-19(23(25,26)27)9-8-15(21)6-4-14-5-7-16-11-17-2-1-3-22(28)20(17)12-18(16)10-14/h2,5,7-13,28H,1,3-4,6H2. The molecule has 4 rings (SSSR count). The molecule has 0 spiro atoms. The Bertz CT molecular complexity index is 1180. The highest BCUT2D eigenvalue weighted by Gasteiger charge is 2.31. The van der Waals surface area contributed by atoms with E-state index in [1.807, 2.05) is 30.3 Å². The molecule has 3 aromatic rings. The Morgan fingerprint density at radius 3 is 2.46 bits per heavy atom. The van der Waals surface area contributed by atoms with Crippen LogP contribution < -0.4 is 10.4 Å². The SMILES string of the molecule is OC1=c2cc3cc(CCc4ccc(C(F)(F)F)cc4F)ccc3cc2=CCC1. The highest BCUT2D eigenvalue weighted by atomic mass is 19.4. The number of fused-ring (bicyclic) bond motifs is 2. The van der Waals surface area contributed by atoms with Gasteiger partial charge in [-0.05, 0) is 70.6 Å². The third-order valence-corrected chi connectivity index (χ3v) is 5.19. The van der Waals surface area contributed by atoms with Gasteiger partial charge < -0.3 is 5.11 Å². The molecule has 0 fully saturated rings. The van der Waals surface area contributed by atoms with Crippen molar-refractivity contribution in [3.63, 3.8) is 0 Å². The summed E-state index contributed by atoms with van der Waals surface area (Å²) in [6, 6.07) is 12.6. The van der Waals surface area contributed by atoms with Crippen molar-refractivity contribution in [2.24, 2.45) is 0 Å². The van der Waals surface area contributed by atoms with Crippen LogP contribution >= 0.6 is 0 Å². The number of aryl methyl sites for hydroxylation is 2. The maximum absolute atomic E-state index is 14.0. The number of aliphatic hydroxyl groups is 1. The monoisotopic (exact) mass is 386 g/mol. The van der Waals surface area contributed by atoms with E-state index in [-0.39, 0.29) is 5.56 Å². The normalized spacial score (nSPS) is 14.1. The largest absolute Gasteiger partial charge is 0.512 e. The summed E-state index contributed by atoms with van der Waals surface area (Å²) < 4.78 is 52.0. The van der Waals surface area contributed by atoms with Crippen LogP contribution in [0.3, 0.4) is 0 Å². The summed E-state index contributed by atoms with van der Waals surface area (Å²) in [5.41, 5.74) is 0.252. The Morgan fingerprint density at radius 2 is 1.71 bits per heavy atom. The molecule has 1 aliphatic rings. The van der Waals surface area contributed by atoms with Crippen LogP contribution in [0.2, 0.25) is 0 Å². The van der Waals surface area contributed by atoms with Crippen molar-refractivity contribution >= 4 is 22.6 Å². The second-order valence-corrected chi connectivity index (χ2v) is 7.11. The lowest BCUT2D eigenvalue weighted by molar-refractivity contribution is -0.137. The van der Waals surface area contributed by atoms with Gasteiger partial charge in [-0.2, -0.15) is 13.2 Å². The minimum absolute atomic E-state index is 0.263. The lowest BCUT2D eigenvalue weighted by Gasteiger charge is -2.10. The average Bonchev–Trinajstić information content (AvgIpc) is 2.65. The Hall–Kier alpha value is -2.82. The number of benzene rings is 3. The molecule has 1 aliphatic carbocycles. The van der Waals surface area contributed by atoms with Crippen molar-refractivity contribution in [3.05, 3.63) is 81.5 Å². The van der Waals surface area contributed by atoms with Crippen LogP contribution in [0.5, 0.6) is 0 Å². The molecule has 0 unspecified atom stereocenters. The molecule has 1 N–H and O–H groups in total. The fourth-order valence-electron chi connectivity index (χ4n) is 3.64. The quantitative estimate of drug-likeness (QED) is 0.627. The third-order valence-electron chi connectivity index (χ3n) is 5.19. The molecular formula is C23H18F4O. The van der Waals surface area contributed by atoms with Crippen molar-refractivity contribution in [1.82, 2.24) is 0 Å². The predicted molar refractivity (Wildman–Crippen MR) is 102 cm³/mol. The smallest absolute Gasteiger partial charge is 0.416 e. The molecule has 1 nitrogen and oxygen atoms in total. The van der Waals surface area contributed by atoms with Crippen LogP contribution in [-0.2, 0) is 19.0 Å². The van der Waals surface area contributed by atoms with E-state index in [2.05, 4.69) is 6.08 Å². The van der Waals surface area contributed by atoms with Gasteiger partial charge in [-0.3, -0.25) is 0 Å². The average molecular weight is 386 g/mol. The topological polar surface area (TPSA) is 20.2 Å². The second-order valence-electron chi connectivity index (χ2n) is 7.11. The first kappa shape index (κ1) is 18.5. The number of hydrogen-bond acceptors (Lipinski definition) is 1. The van der Waals surface area contributed by atoms with E-state index in [1.165, 1.54) is 6.07 Å². The molecule has 0 heterocycles. The van der Waals surface area contributed by atoms with Crippen LogP contribution in [0.1, 0.15) is 29.5 Å². The molecule has 144 valence electrons. The van der Waals surface area contributed by atoms with Gasteiger partial charge in [0.25, 0.3) is 0 Å². The zero-order valence-electron chi connectivity index (χ0n) is 15.0. The van der Waals surface area contributed by atoms with E-state index in [9.17, 15) is 22.7 Å². The Morgan fingerprint density at radius 1 is 0.893 bits per heavy atom. The van der Waals surface area contributed by atoms with Gasteiger partial charge in [-0.15, -0.1) is 0 Å². The van der Waals surface area contributed by atoms with Gasteiger partial charge in [-0.1, -0.05) is 30.3 Å². The van der Waals surface area contributed by atoms with Crippen LogP contribution in [0.4, 0.5) is 17.6 Å². The van der Waals surface area contributed by atoms with Gasteiger partial charge in [0.2, 0.25) is 0 Å². The summed E-state index contributed by atoms with van der Waals surface area (Å²) in [6.45, 7) is 0. The molecule has 0 atom stereocenters. The maximum atomic E-state index is 14.0. The fraction of sp³-hybridized carbons (Fsp3) is 0.217. The first-order valence-corrected chi connectivity index (χ1v) is 9.12. The summed E-state index contributed by atoms with van der Waals surface area (Å²) in [4.78, 5) is 0. The van der Waals surface area contributed by atoms with Crippen LogP contribution in [0.25, 0.3) is 22.6 Å². The summed E-state index contributed by atoms with van der Waals surface area (Å²) in [5.74, 6) is -0.448. The lowest BCUT2D eigenvalue weighted by atomic mass is 9.97. The van der Waals surface area contributed by atoms with E-state index < -0.39 is 17.6 Å². The minimum Gasteiger partial charge on any atom is -0.512 e. The minimum atomic E-state index is -4.54. The predicted octanol–water partition coefficient (Wildman–Crippen LogP) is 5.02. The van der Waals surface area contributed by atoms with E-state index in [0.29, 0.717) is 31.1 Å². The van der Waals surface area contributed by atoms with Crippen molar-refractivity contribution in [2.45, 2.75) is 31.9 Å². The van der Waals surface area contributed by atoms with E-state index in [1.54, 1.807) is 0 Å². The van der Waals surface area contributed by atoms with Gasteiger partial charge in [0, 0.05) is 11.6 Å². The molecule has 0 amide bonds. The van der Waals surface area contributed by atoms with Gasteiger partial charge in [0.1, 0.15) is 11.6 Å². The van der Waals surface area contributed by atoms with Crippen molar-refractivity contribution in [1.29, 1.82) is 0 Å². The van der Waals surface area contributed by atoms with Gasteiger partial charge in [0.05, 0.1) is 5.56 Å². The van der Waals surface area contributed by atoms with Gasteiger partial charge >= 0.3 is 6.18 Å². The van der Waals surface area contributed by atoms with Crippen molar-refractivity contribution in [3.8, 4) is 0 Å². The number of halogens is 4. The summed E-state index contributed by atoms with van der Waals surface area (Å²) in [6.07, 6.45) is -0.165. The van der Waals surface area contributed by atoms with E-state index >= 15 is 0 Å². The highest BCUT2D eigenvalue weighted by Crippen LogP contribution is 2.30. The molecule has 5 heteroatoms. The molecule has 3 aromatic carbocycles. The van der Waals surface area contributed by atoms with E-state index in [4.69, 9.17) is 0 Å². The van der Waals surface area contributed by atoms with Crippen LogP contribution in [-0.4, -0.2) is 5.11 Å². The maximum Gasteiger partial charge on any atom is 0.416 e. The van der Waals surface area contributed by atoms with Crippen LogP contribution in [0, 0.1) is 5.82 Å². The Kier molecular flexibility index (Phi) is 4.61. The summed E-state index contributed by atoms with van der Waals surface area (Å²) in [7, 11) is 0. The highest BCUT2D eigenvalue weighted by molar-refractivity contribution is 5.84. The van der Waals surface area contributed by atoms with Gasteiger partial charge in [0.15, 0.2) is 0 Å². The molecule has 0 saturated carbocycles. The number of rotatable bonds is 3. The number of hydrogen-bond donors (Lipinski definition) is 1. The molecule has 28 heavy (non-hydrogen) atoms. The molecule has 0 aliphatic heterocycles. The Balaban J connectivity index is 1.60. The Labute approximate surface area is 159 Å². The fourth-order valence-corrected chi connectivity index (χ4v) is 3.64. The molecule has 0 radical (unpaired) electrons. The zero-order chi connectivity index (χ0) is 19.9. The lowest BCUT2D eigenvalue weighted by Crippen LogP contribution is -2.29. The third kappa shape index (κ3) is 3.61. The zero-order valence-corrected chi connectivity index (χ0v) is 15.0. The molecule has 0 saturated heterocycles. The second kappa shape index (κ2) is 6.97. The van der Waals surface area contributed by atoms with Crippen LogP contribution in [0.15, 0.2) is 48.5 Å². The van der Waals surface area contributed by atoms with Gasteiger partial charge in [-0.25, -0.2) is 4.39 Å². The molecule has 0 aromatic heterocycles. The first-order valence-electron chi connectivity index (χ1n) is 9.12. The van der Waals surface area contributed by atoms with Crippen molar-refractivity contribution in [2.75, 3.05) is 0 Å². The summed E-state index contributed by atoms with van der Waals surface area (Å²) in [5, 5.41) is 14.0. The molecular weight excluding hydrogens is 368 g/mol. The van der Waals surface area contributed by atoms with Crippen molar-refractivity contribution < 1.29 is 22.7 Å². The molecule has 0 bridgehead atoms. The number of aliphatic hydroxyl groups excluding tert-OH is 1.